The number of non-ortho nitro benzene ring substituents is 1. The van der Waals surface area contributed by atoms with Crippen LogP contribution < -0.4 is 4.74 Å². The number of ketones is 1. The lowest BCUT2D eigenvalue weighted by molar-refractivity contribution is -0.384. The summed E-state index contributed by atoms with van der Waals surface area (Å²) >= 11 is 0. The van der Waals surface area contributed by atoms with E-state index in [9.17, 15) is 14.9 Å². The minimum atomic E-state index is -0.446. The van der Waals surface area contributed by atoms with Gasteiger partial charge >= 0.3 is 0 Å². The van der Waals surface area contributed by atoms with Crippen molar-refractivity contribution in [2.75, 3.05) is 6.61 Å². The summed E-state index contributed by atoms with van der Waals surface area (Å²) in [5.74, 6) is 0.496. The molecule has 0 radical (unpaired) electrons. The van der Waals surface area contributed by atoms with Crippen molar-refractivity contribution < 1.29 is 14.5 Å². The van der Waals surface area contributed by atoms with E-state index < -0.39 is 4.92 Å². The number of aryl methyl sites for hydroxylation is 1. The molecule has 0 spiro atoms. The maximum absolute atomic E-state index is 12.7. The van der Waals surface area contributed by atoms with Gasteiger partial charge < -0.3 is 4.74 Å². The Morgan fingerprint density at radius 2 is 2.04 bits per heavy atom. The third-order valence-electron chi connectivity index (χ3n) is 3.72. The van der Waals surface area contributed by atoms with Crippen LogP contribution >= 0.6 is 0 Å². The smallest absolute Gasteiger partial charge is 0.270 e. The fraction of sp³-hybridized carbons (Fsp3) is 0.167. The molecule has 0 bridgehead atoms. The van der Waals surface area contributed by atoms with Crippen molar-refractivity contribution in [3.63, 3.8) is 0 Å². The molecular formula is C18H15NO4. The second kappa shape index (κ2) is 6.04. The molecule has 0 amide bonds. The monoisotopic (exact) mass is 309 g/mol. The van der Waals surface area contributed by atoms with E-state index in [0.29, 0.717) is 35.5 Å². The molecule has 116 valence electrons. The van der Waals surface area contributed by atoms with Gasteiger partial charge in [0, 0.05) is 24.1 Å². The first kappa shape index (κ1) is 15.0. The van der Waals surface area contributed by atoms with Gasteiger partial charge in [0.1, 0.15) is 5.75 Å². The predicted molar refractivity (Wildman–Crippen MR) is 86.7 cm³/mol. The highest BCUT2D eigenvalue weighted by Gasteiger charge is 2.21. The number of carbonyl (C=O) groups is 1. The highest BCUT2D eigenvalue weighted by atomic mass is 16.6. The number of carbonyl (C=O) groups excluding carboxylic acids is 1. The van der Waals surface area contributed by atoms with E-state index in [0.717, 1.165) is 5.56 Å². The number of Topliss-reactive ketones (excluding diaryl/α,β-unsaturated/α-hetero) is 1. The molecule has 5 nitrogen and oxygen atoms in total. The number of nitro benzene ring substituents is 1. The van der Waals surface area contributed by atoms with Crippen molar-refractivity contribution >= 4 is 17.5 Å². The van der Waals surface area contributed by atoms with Crippen molar-refractivity contribution in [1.29, 1.82) is 0 Å². The number of nitrogens with zero attached hydrogens (tertiary/aromatic N) is 1. The van der Waals surface area contributed by atoms with E-state index in [4.69, 9.17) is 4.74 Å². The maximum Gasteiger partial charge on any atom is 0.270 e. The molecule has 1 heterocycles. The quantitative estimate of drug-likeness (QED) is 0.478. The number of ether oxygens (including phenoxy) is 1. The molecule has 0 saturated heterocycles. The summed E-state index contributed by atoms with van der Waals surface area (Å²) in [4.78, 5) is 23.1. The zero-order valence-electron chi connectivity index (χ0n) is 12.6. The van der Waals surface area contributed by atoms with E-state index in [1.54, 1.807) is 24.3 Å². The summed E-state index contributed by atoms with van der Waals surface area (Å²) in [5.41, 5.74) is 2.76. The number of rotatable bonds is 2. The van der Waals surface area contributed by atoms with Crippen molar-refractivity contribution in [2.45, 2.75) is 13.3 Å². The average molecular weight is 309 g/mol. The van der Waals surface area contributed by atoms with Crippen molar-refractivity contribution in [3.8, 4) is 5.75 Å². The first-order valence-corrected chi connectivity index (χ1v) is 7.28. The van der Waals surface area contributed by atoms with Crippen LogP contribution in [0.2, 0.25) is 0 Å². The Morgan fingerprint density at radius 1 is 1.22 bits per heavy atom. The molecule has 1 aliphatic rings. The van der Waals surface area contributed by atoms with Crippen LogP contribution in [-0.4, -0.2) is 17.3 Å². The SMILES string of the molecule is Cc1ccc2c(c1)C(=O)C(=Cc1cccc([N+](=O)[O-])c1)CCO2. The number of benzene rings is 2. The van der Waals surface area contributed by atoms with E-state index in [2.05, 4.69) is 0 Å². The predicted octanol–water partition coefficient (Wildman–Crippen LogP) is 3.95. The normalized spacial score (nSPS) is 15.7. The summed E-state index contributed by atoms with van der Waals surface area (Å²) in [7, 11) is 0. The Morgan fingerprint density at radius 3 is 2.83 bits per heavy atom. The molecule has 0 fully saturated rings. The van der Waals surface area contributed by atoms with E-state index in [1.165, 1.54) is 12.1 Å². The van der Waals surface area contributed by atoms with Gasteiger partial charge in [0.25, 0.3) is 5.69 Å². The second-order valence-electron chi connectivity index (χ2n) is 5.45. The molecule has 0 saturated carbocycles. The molecule has 0 unspecified atom stereocenters. The Bertz CT molecular complexity index is 824. The lowest BCUT2D eigenvalue weighted by atomic mass is 9.98. The van der Waals surface area contributed by atoms with Crippen molar-refractivity contribution in [2.24, 2.45) is 0 Å². The summed E-state index contributed by atoms with van der Waals surface area (Å²) in [6.07, 6.45) is 2.17. The molecule has 3 rings (SSSR count). The van der Waals surface area contributed by atoms with Gasteiger partial charge in [0.15, 0.2) is 5.78 Å². The Balaban J connectivity index is 2.01. The molecule has 0 aromatic heterocycles. The molecule has 0 aliphatic carbocycles. The maximum atomic E-state index is 12.7. The Labute approximate surface area is 133 Å². The summed E-state index contributed by atoms with van der Waals surface area (Å²) in [6.45, 7) is 2.32. The molecule has 2 aromatic carbocycles. The average Bonchev–Trinajstić information content (AvgIpc) is 2.68. The van der Waals surface area contributed by atoms with Crippen LogP contribution in [0.5, 0.6) is 5.75 Å². The van der Waals surface area contributed by atoms with Crippen LogP contribution in [0.4, 0.5) is 5.69 Å². The van der Waals surface area contributed by atoms with E-state index in [-0.39, 0.29) is 11.5 Å². The topological polar surface area (TPSA) is 69.4 Å². The molecule has 2 aromatic rings. The summed E-state index contributed by atoms with van der Waals surface area (Å²) in [5, 5.41) is 10.9. The zero-order valence-corrected chi connectivity index (χ0v) is 12.6. The minimum absolute atomic E-state index is 0.00733. The number of nitro groups is 1. The second-order valence-corrected chi connectivity index (χ2v) is 5.45. The lowest BCUT2D eigenvalue weighted by Crippen LogP contribution is -2.02. The van der Waals surface area contributed by atoms with Crippen LogP contribution in [-0.2, 0) is 0 Å². The third-order valence-corrected chi connectivity index (χ3v) is 3.72. The zero-order chi connectivity index (χ0) is 16.4. The van der Waals surface area contributed by atoms with Gasteiger partial charge in [-0.3, -0.25) is 14.9 Å². The van der Waals surface area contributed by atoms with Gasteiger partial charge in [-0.1, -0.05) is 23.8 Å². The number of hydrogen-bond acceptors (Lipinski definition) is 4. The lowest BCUT2D eigenvalue weighted by Gasteiger charge is -2.06. The van der Waals surface area contributed by atoms with E-state index >= 15 is 0 Å². The minimum Gasteiger partial charge on any atom is -0.492 e. The summed E-state index contributed by atoms with van der Waals surface area (Å²) in [6, 6.07) is 11.8. The van der Waals surface area contributed by atoms with Crippen LogP contribution in [0.25, 0.3) is 6.08 Å². The molecular weight excluding hydrogens is 294 g/mol. The fourth-order valence-electron chi connectivity index (χ4n) is 2.57. The Kier molecular flexibility index (Phi) is 3.93. The van der Waals surface area contributed by atoms with Gasteiger partial charge in [-0.25, -0.2) is 0 Å². The largest absolute Gasteiger partial charge is 0.492 e. The molecule has 5 heteroatoms. The first-order valence-electron chi connectivity index (χ1n) is 7.28. The van der Waals surface area contributed by atoms with Crippen LogP contribution in [0.15, 0.2) is 48.0 Å². The van der Waals surface area contributed by atoms with Gasteiger partial charge in [-0.15, -0.1) is 0 Å². The van der Waals surface area contributed by atoms with Crippen LogP contribution in [0.1, 0.15) is 27.9 Å². The van der Waals surface area contributed by atoms with Gasteiger partial charge in [-0.2, -0.15) is 0 Å². The van der Waals surface area contributed by atoms with E-state index in [1.807, 2.05) is 19.1 Å². The van der Waals surface area contributed by atoms with Crippen molar-refractivity contribution in [3.05, 3.63) is 74.8 Å². The fourth-order valence-corrected chi connectivity index (χ4v) is 2.57. The third kappa shape index (κ3) is 3.13. The molecule has 0 atom stereocenters. The standard InChI is InChI=1S/C18H15NO4/c1-12-5-6-17-16(9-12)18(20)14(7-8-23-17)10-13-3-2-4-15(11-13)19(21)22/h2-6,9-11H,7-8H2,1H3. The van der Waals surface area contributed by atoms with Gasteiger partial charge in [0.2, 0.25) is 0 Å². The van der Waals surface area contributed by atoms with Crippen LogP contribution in [0, 0.1) is 17.0 Å². The molecule has 0 N–H and O–H groups in total. The highest BCUT2D eigenvalue weighted by molar-refractivity contribution is 6.13. The highest BCUT2D eigenvalue weighted by Crippen LogP contribution is 2.29. The number of fused-ring (bicyclic) bond motifs is 1. The molecule has 23 heavy (non-hydrogen) atoms. The van der Waals surface area contributed by atoms with Crippen molar-refractivity contribution in [1.82, 2.24) is 0 Å². The molecule has 1 aliphatic heterocycles. The van der Waals surface area contributed by atoms with Crippen LogP contribution in [0.3, 0.4) is 0 Å². The summed E-state index contributed by atoms with van der Waals surface area (Å²) < 4.78 is 5.63. The van der Waals surface area contributed by atoms with Gasteiger partial charge in [0.05, 0.1) is 17.1 Å². The number of hydrogen-bond donors (Lipinski definition) is 0. The Hall–Kier alpha value is -2.95. The first-order chi connectivity index (χ1) is 11.0. The van der Waals surface area contributed by atoms with Gasteiger partial charge in [-0.05, 0) is 30.7 Å².